The highest BCUT2D eigenvalue weighted by molar-refractivity contribution is 5.25. The van der Waals surface area contributed by atoms with Crippen LogP contribution >= 0.6 is 0 Å². The lowest BCUT2D eigenvalue weighted by Crippen LogP contribution is -2.38. The van der Waals surface area contributed by atoms with Crippen LogP contribution in [0.4, 0.5) is 0 Å². The molecule has 0 aliphatic carbocycles. The maximum absolute atomic E-state index is 3.42. The number of nitrogens with one attached hydrogen (secondary N) is 1. The predicted molar refractivity (Wildman–Crippen MR) is 75.4 cm³/mol. The standard InChI is InChI=1S/C15H26N2/c1-6-17(12(2)3)11-15(16-5)14-9-7-8-13(4)10-14/h7-10,12,15-16H,6,11H2,1-5H3. The highest BCUT2D eigenvalue weighted by Gasteiger charge is 2.15. The third-order valence-electron chi connectivity index (χ3n) is 3.35. The Bertz CT molecular complexity index is 333. The van der Waals surface area contributed by atoms with Gasteiger partial charge in [-0.1, -0.05) is 36.8 Å². The molecular formula is C15H26N2. The molecule has 0 radical (unpaired) electrons. The molecule has 2 heteroatoms. The second kappa shape index (κ2) is 6.77. The van der Waals surface area contributed by atoms with Gasteiger partial charge in [0.05, 0.1) is 0 Å². The molecule has 0 aliphatic heterocycles. The summed E-state index contributed by atoms with van der Waals surface area (Å²) in [7, 11) is 2.04. The fourth-order valence-corrected chi connectivity index (χ4v) is 2.19. The number of nitrogens with zero attached hydrogens (tertiary/aromatic N) is 1. The molecule has 0 heterocycles. The number of rotatable bonds is 6. The van der Waals surface area contributed by atoms with E-state index in [-0.39, 0.29) is 0 Å². The van der Waals surface area contributed by atoms with Crippen molar-refractivity contribution >= 4 is 0 Å². The Labute approximate surface area is 106 Å². The van der Waals surface area contributed by atoms with E-state index in [9.17, 15) is 0 Å². The molecule has 1 unspecified atom stereocenters. The van der Waals surface area contributed by atoms with E-state index >= 15 is 0 Å². The van der Waals surface area contributed by atoms with Crippen LogP contribution in [0.25, 0.3) is 0 Å². The molecule has 0 saturated carbocycles. The molecule has 0 saturated heterocycles. The first-order valence-corrected chi connectivity index (χ1v) is 6.56. The first kappa shape index (κ1) is 14.2. The van der Waals surface area contributed by atoms with Gasteiger partial charge in [-0.3, -0.25) is 4.90 Å². The minimum atomic E-state index is 0.414. The highest BCUT2D eigenvalue weighted by Crippen LogP contribution is 2.16. The fourth-order valence-electron chi connectivity index (χ4n) is 2.19. The number of hydrogen-bond donors (Lipinski definition) is 1. The molecule has 0 spiro atoms. The third kappa shape index (κ3) is 4.14. The average Bonchev–Trinajstić information content (AvgIpc) is 2.30. The van der Waals surface area contributed by atoms with Gasteiger partial charge in [0.1, 0.15) is 0 Å². The Morgan fingerprint density at radius 1 is 1.29 bits per heavy atom. The molecule has 0 aromatic heterocycles. The van der Waals surface area contributed by atoms with Gasteiger partial charge in [0, 0.05) is 18.6 Å². The Balaban J connectivity index is 2.78. The molecule has 1 aromatic carbocycles. The average molecular weight is 234 g/mol. The van der Waals surface area contributed by atoms with Crippen molar-refractivity contribution in [2.45, 2.75) is 39.8 Å². The van der Waals surface area contributed by atoms with E-state index in [1.54, 1.807) is 0 Å². The molecule has 1 aromatic rings. The lowest BCUT2D eigenvalue weighted by Gasteiger charge is -2.29. The summed E-state index contributed by atoms with van der Waals surface area (Å²) in [6.45, 7) is 11.0. The second-order valence-corrected chi connectivity index (χ2v) is 4.94. The van der Waals surface area contributed by atoms with Crippen molar-refractivity contribution in [3.63, 3.8) is 0 Å². The lowest BCUT2D eigenvalue weighted by molar-refractivity contribution is 0.210. The summed E-state index contributed by atoms with van der Waals surface area (Å²) >= 11 is 0. The van der Waals surface area contributed by atoms with E-state index in [0.717, 1.165) is 13.1 Å². The summed E-state index contributed by atoms with van der Waals surface area (Å²) in [4.78, 5) is 2.49. The minimum absolute atomic E-state index is 0.414. The van der Waals surface area contributed by atoms with Crippen LogP contribution in [-0.4, -0.2) is 31.1 Å². The molecule has 17 heavy (non-hydrogen) atoms. The molecule has 0 fully saturated rings. The van der Waals surface area contributed by atoms with E-state index in [2.05, 4.69) is 62.2 Å². The van der Waals surface area contributed by atoms with Gasteiger partial charge < -0.3 is 5.32 Å². The van der Waals surface area contributed by atoms with E-state index in [1.165, 1.54) is 11.1 Å². The Kier molecular flexibility index (Phi) is 5.66. The third-order valence-corrected chi connectivity index (χ3v) is 3.35. The van der Waals surface area contributed by atoms with Gasteiger partial charge in [-0.15, -0.1) is 0 Å². The maximum Gasteiger partial charge on any atom is 0.0447 e. The van der Waals surface area contributed by atoms with Crippen LogP contribution in [0.2, 0.25) is 0 Å². The van der Waals surface area contributed by atoms with Crippen LogP contribution in [0.15, 0.2) is 24.3 Å². The van der Waals surface area contributed by atoms with Gasteiger partial charge in [-0.05, 0) is 39.9 Å². The monoisotopic (exact) mass is 234 g/mol. The number of benzene rings is 1. The van der Waals surface area contributed by atoms with Crippen LogP contribution < -0.4 is 5.32 Å². The Hall–Kier alpha value is -0.860. The largest absolute Gasteiger partial charge is 0.312 e. The van der Waals surface area contributed by atoms with Gasteiger partial charge in [0.25, 0.3) is 0 Å². The Morgan fingerprint density at radius 3 is 2.47 bits per heavy atom. The van der Waals surface area contributed by atoms with Crippen molar-refractivity contribution in [2.75, 3.05) is 20.1 Å². The van der Waals surface area contributed by atoms with Gasteiger partial charge in [-0.25, -0.2) is 0 Å². The van der Waals surface area contributed by atoms with Crippen molar-refractivity contribution in [3.8, 4) is 0 Å². The first-order chi connectivity index (χ1) is 8.08. The van der Waals surface area contributed by atoms with Crippen molar-refractivity contribution in [3.05, 3.63) is 35.4 Å². The highest BCUT2D eigenvalue weighted by atomic mass is 15.2. The van der Waals surface area contributed by atoms with Crippen LogP contribution in [-0.2, 0) is 0 Å². The van der Waals surface area contributed by atoms with Crippen molar-refractivity contribution in [1.82, 2.24) is 10.2 Å². The molecular weight excluding hydrogens is 208 g/mol. The summed E-state index contributed by atoms with van der Waals surface area (Å²) in [5.41, 5.74) is 2.71. The summed E-state index contributed by atoms with van der Waals surface area (Å²) in [5, 5.41) is 3.42. The van der Waals surface area contributed by atoms with Crippen molar-refractivity contribution in [2.24, 2.45) is 0 Å². The van der Waals surface area contributed by atoms with E-state index in [1.807, 2.05) is 7.05 Å². The topological polar surface area (TPSA) is 15.3 Å². The summed E-state index contributed by atoms with van der Waals surface area (Å²) < 4.78 is 0. The van der Waals surface area contributed by atoms with Gasteiger partial charge in [0.15, 0.2) is 0 Å². The van der Waals surface area contributed by atoms with Crippen molar-refractivity contribution < 1.29 is 0 Å². The zero-order chi connectivity index (χ0) is 12.8. The smallest absolute Gasteiger partial charge is 0.0447 e. The lowest BCUT2D eigenvalue weighted by atomic mass is 10.0. The summed E-state index contributed by atoms with van der Waals surface area (Å²) in [6.07, 6.45) is 0. The molecule has 1 rings (SSSR count). The molecule has 1 atom stereocenters. The molecule has 0 bridgehead atoms. The van der Waals surface area contributed by atoms with E-state index in [4.69, 9.17) is 0 Å². The molecule has 1 N–H and O–H groups in total. The molecule has 2 nitrogen and oxygen atoms in total. The van der Waals surface area contributed by atoms with E-state index < -0.39 is 0 Å². The predicted octanol–water partition coefficient (Wildman–Crippen LogP) is 2.99. The zero-order valence-corrected chi connectivity index (χ0v) is 11.8. The van der Waals surface area contributed by atoms with Crippen LogP contribution in [0.5, 0.6) is 0 Å². The number of hydrogen-bond acceptors (Lipinski definition) is 2. The second-order valence-electron chi connectivity index (χ2n) is 4.94. The first-order valence-electron chi connectivity index (χ1n) is 6.56. The molecule has 0 aliphatic rings. The maximum atomic E-state index is 3.42. The van der Waals surface area contributed by atoms with Gasteiger partial charge in [-0.2, -0.15) is 0 Å². The molecule has 0 amide bonds. The van der Waals surface area contributed by atoms with Gasteiger partial charge >= 0.3 is 0 Å². The molecule has 96 valence electrons. The number of aryl methyl sites for hydroxylation is 1. The van der Waals surface area contributed by atoms with E-state index in [0.29, 0.717) is 12.1 Å². The summed E-state index contributed by atoms with van der Waals surface area (Å²) in [5.74, 6) is 0. The van der Waals surface area contributed by atoms with Crippen LogP contribution in [0.1, 0.15) is 37.9 Å². The quantitative estimate of drug-likeness (QED) is 0.814. The fraction of sp³-hybridized carbons (Fsp3) is 0.600. The SMILES string of the molecule is CCN(CC(NC)c1cccc(C)c1)C(C)C. The van der Waals surface area contributed by atoms with Crippen LogP contribution in [0, 0.1) is 6.92 Å². The number of likely N-dealkylation sites (N-methyl/N-ethyl adjacent to an activating group) is 2. The van der Waals surface area contributed by atoms with Crippen LogP contribution in [0.3, 0.4) is 0 Å². The normalized spacial score (nSPS) is 13.4. The Morgan fingerprint density at radius 2 is 2.00 bits per heavy atom. The summed E-state index contributed by atoms with van der Waals surface area (Å²) in [6, 6.07) is 9.78. The van der Waals surface area contributed by atoms with Gasteiger partial charge in [0.2, 0.25) is 0 Å². The van der Waals surface area contributed by atoms with Crippen molar-refractivity contribution in [1.29, 1.82) is 0 Å². The zero-order valence-electron chi connectivity index (χ0n) is 11.8. The minimum Gasteiger partial charge on any atom is -0.312 e.